The molecule has 2 heterocycles. The maximum absolute atomic E-state index is 4.43. The Morgan fingerprint density at radius 1 is 1.25 bits per heavy atom. The van der Waals surface area contributed by atoms with Gasteiger partial charge in [-0.15, -0.1) is 0 Å². The average molecular weight is 272 g/mol. The molecule has 0 radical (unpaired) electrons. The van der Waals surface area contributed by atoms with E-state index in [0.717, 1.165) is 31.5 Å². The van der Waals surface area contributed by atoms with Gasteiger partial charge in [0.1, 0.15) is 0 Å². The Balaban J connectivity index is 2.05. The molecule has 2 aromatic rings. The smallest absolute Gasteiger partial charge is 0.0596 e. The lowest BCUT2D eigenvalue weighted by atomic mass is 10.0. The first-order valence-electron chi connectivity index (χ1n) is 7.31. The van der Waals surface area contributed by atoms with Crippen LogP contribution in [-0.4, -0.2) is 27.4 Å². The van der Waals surface area contributed by atoms with Gasteiger partial charge in [-0.05, 0) is 50.1 Å². The van der Waals surface area contributed by atoms with Gasteiger partial charge in [-0.1, -0.05) is 6.92 Å². The van der Waals surface area contributed by atoms with E-state index in [0.29, 0.717) is 6.04 Å². The predicted molar refractivity (Wildman–Crippen MR) is 81.7 cm³/mol. The average Bonchev–Trinajstić information content (AvgIpc) is 2.75. The molecule has 0 saturated heterocycles. The van der Waals surface area contributed by atoms with E-state index >= 15 is 0 Å². The lowest BCUT2D eigenvalue weighted by Crippen LogP contribution is -2.34. The normalized spacial score (nSPS) is 12.6. The van der Waals surface area contributed by atoms with Crippen LogP contribution in [0.1, 0.15) is 30.3 Å². The Bertz CT molecular complexity index is 519. The fourth-order valence-corrected chi connectivity index (χ4v) is 2.48. The van der Waals surface area contributed by atoms with Crippen molar-refractivity contribution in [1.82, 2.24) is 20.1 Å². The fourth-order valence-electron chi connectivity index (χ4n) is 2.48. The summed E-state index contributed by atoms with van der Waals surface area (Å²) in [5.74, 6) is 0. The van der Waals surface area contributed by atoms with Crippen LogP contribution in [0.4, 0.5) is 0 Å². The van der Waals surface area contributed by atoms with Crippen molar-refractivity contribution < 1.29 is 0 Å². The number of nitrogens with zero attached hydrogens (tertiary/aromatic N) is 3. The molecule has 0 aliphatic rings. The molecule has 4 nitrogen and oxygen atoms in total. The van der Waals surface area contributed by atoms with Crippen LogP contribution in [0, 0.1) is 6.92 Å². The minimum absolute atomic E-state index is 0.437. The van der Waals surface area contributed by atoms with E-state index in [9.17, 15) is 0 Å². The Kier molecular flexibility index (Phi) is 5.30. The van der Waals surface area contributed by atoms with Crippen molar-refractivity contribution in [3.05, 3.63) is 47.5 Å². The lowest BCUT2D eigenvalue weighted by Gasteiger charge is -2.18. The maximum atomic E-state index is 4.43. The standard InChI is InChI=1S/C16H24N4/c1-4-7-18-15(11-14-5-8-17-9-6-14)12-16-10-13(2)19-20(16)3/h5-6,8-10,15,18H,4,7,11-12H2,1-3H3. The quantitative estimate of drug-likeness (QED) is 0.841. The van der Waals surface area contributed by atoms with Crippen molar-refractivity contribution in [3.8, 4) is 0 Å². The van der Waals surface area contributed by atoms with Gasteiger partial charge in [0.15, 0.2) is 0 Å². The molecule has 0 aromatic carbocycles. The molecule has 0 saturated carbocycles. The number of nitrogens with one attached hydrogen (secondary N) is 1. The number of hydrogen-bond acceptors (Lipinski definition) is 3. The highest BCUT2D eigenvalue weighted by atomic mass is 15.3. The van der Waals surface area contributed by atoms with Gasteiger partial charge in [0.25, 0.3) is 0 Å². The first-order valence-corrected chi connectivity index (χ1v) is 7.31. The Labute approximate surface area is 121 Å². The summed E-state index contributed by atoms with van der Waals surface area (Å²) in [6.45, 7) is 5.29. The zero-order chi connectivity index (χ0) is 14.4. The fraction of sp³-hybridized carbons (Fsp3) is 0.500. The molecule has 1 unspecified atom stereocenters. The second-order valence-corrected chi connectivity index (χ2v) is 5.32. The van der Waals surface area contributed by atoms with E-state index in [1.807, 2.05) is 31.0 Å². The van der Waals surface area contributed by atoms with E-state index in [2.05, 4.69) is 40.5 Å². The van der Waals surface area contributed by atoms with Gasteiger partial charge in [0.05, 0.1) is 5.69 Å². The second-order valence-electron chi connectivity index (χ2n) is 5.32. The summed E-state index contributed by atoms with van der Waals surface area (Å²) in [5, 5.41) is 8.07. The molecule has 0 fully saturated rings. The highest BCUT2D eigenvalue weighted by Gasteiger charge is 2.12. The van der Waals surface area contributed by atoms with Crippen molar-refractivity contribution in [2.45, 2.75) is 39.2 Å². The SMILES string of the molecule is CCCNC(Cc1ccncc1)Cc1cc(C)nn1C. The first kappa shape index (κ1) is 14.7. The Hall–Kier alpha value is -1.68. The van der Waals surface area contributed by atoms with Gasteiger partial charge in [0.2, 0.25) is 0 Å². The van der Waals surface area contributed by atoms with Crippen molar-refractivity contribution in [2.75, 3.05) is 6.54 Å². The van der Waals surface area contributed by atoms with E-state index in [1.54, 1.807) is 0 Å². The zero-order valence-electron chi connectivity index (χ0n) is 12.6. The van der Waals surface area contributed by atoms with Gasteiger partial charge >= 0.3 is 0 Å². The number of aromatic nitrogens is 3. The minimum atomic E-state index is 0.437. The van der Waals surface area contributed by atoms with Crippen molar-refractivity contribution in [3.63, 3.8) is 0 Å². The van der Waals surface area contributed by atoms with Gasteiger partial charge in [-0.2, -0.15) is 5.10 Å². The number of aryl methyl sites for hydroxylation is 2. The van der Waals surface area contributed by atoms with E-state index in [-0.39, 0.29) is 0 Å². The molecule has 0 spiro atoms. The van der Waals surface area contributed by atoms with Crippen LogP contribution in [0.25, 0.3) is 0 Å². The van der Waals surface area contributed by atoms with Gasteiger partial charge in [-0.3, -0.25) is 9.67 Å². The molecule has 2 aromatic heterocycles. The second kappa shape index (κ2) is 7.20. The van der Waals surface area contributed by atoms with Crippen LogP contribution >= 0.6 is 0 Å². The number of pyridine rings is 1. The summed E-state index contributed by atoms with van der Waals surface area (Å²) in [7, 11) is 2.02. The third-order valence-electron chi connectivity index (χ3n) is 3.47. The van der Waals surface area contributed by atoms with Gasteiger partial charge in [-0.25, -0.2) is 0 Å². The Morgan fingerprint density at radius 3 is 2.60 bits per heavy atom. The molecular weight excluding hydrogens is 248 g/mol. The number of rotatable bonds is 7. The molecule has 2 rings (SSSR count). The maximum Gasteiger partial charge on any atom is 0.0596 e. The van der Waals surface area contributed by atoms with Crippen LogP contribution in [0.15, 0.2) is 30.6 Å². The van der Waals surface area contributed by atoms with E-state index in [1.165, 1.54) is 11.3 Å². The molecule has 1 N–H and O–H groups in total. The molecule has 108 valence electrons. The van der Waals surface area contributed by atoms with Crippen LogP contribution in [0.2, 0.25) is 0 Å². The highest BCUT2D eigenvalue weighted by Crippen LogP contribution is 2.10. The molecule has 4 heteroatoms. The zero-order valence-corrected chi connectivity index (χ0v) is 12.6. The number of hydrogen-bond donors (Lipinski definition) is 1. The summed E-state index contributed by atoms with van der Waals surface area (Å²) in [5.41, 5.74) is 3.69. The lowest BCUT2D eigenvalue weighted by molar-refractivity contribution is 0.490. The summed E-state index contributed by atoms with van der Waals surface area (Å²) in [6.07, 6.45) is 6.89. The van der Waals surface area contributed by atoms with Crippen LogP contribution < -0.4 is 5.32 Å². The molecule has 0 aliphatic heterocycles. The van der Waals surface area contributed by atoms with Crippen LogP contribution in [0.3, 0.4) is 0 Å². The third-order valence-corrected chi connectivity index (χ3v) is 3.47. The van der Waals surface area contributed by atoms with Gasteiger partial charge < -0.3 is 5.32 Å². The van der Waals surface area contributed by atoms with E-state index in [4.69, 9.17) is 0 Å². The Morgan fingerprint density at radius 2 is 2.00 bits per heavy atom. The third kappa shape index (κ3) is 4.17. The van der Waals surface area contributed by atoms with Crippen molar-refractivity contribution in [1.29, 1.82) is 0 Å². The molecular formula is C16H24N4. The molecule has 0 amide bonds. The van der Waals surface area contributed by atoms with Crippen LogP contribution in [-0.2, 0) is 19.9 Å². The molecule has 1 atom stereocenters. The largest absolute Gasteiger partial charge is 0.313 e. The molecule has 0 bridgehead atoms. The highest BCUT2D eigenvalue weighted by molar-refractivity contribution is 5.15. The summed E-state index contributed by atoms with van der Waals surface area (Å²) in [4.78, 5) is 4.08. The summed E-state index contributed by atoms with van der Waals surface area (Å²) >= 11 is 0. The van der Waals surface area contributed by atoms with Crippen molar-refractivity contribution >= 4 is 0 Å². The minimum Gasteiger partial charge on any atom is -0.313 e. The first-order chi connectivity index (χ1) is 9.69. The van der Waals surface area contributed by atoms with Crippen LogP contribution in [0.5, 0.6) is 0 Å². The summed E-state index contributed by atoms with van der Waals surface area (Å²) in [6, 6.07) is 6.80. The van der Waals surface area contributed by atoms with E-state index < -0.39 is 0 Å². The monoisotopic (exact) mass is 272 g/mol. The summed E-state index contributed by atoms with van der Waals surface area (Å²) < 4.78 is 1.99. The predicted octanol–water partition coefficient (Wildman–Crippen LogP) is 2.28. The van der Waals surface area contributed by atoms with Gasteiger partial charge in [0, 0.05) is 37.6 Å². The van der Waals surface area contributed by atoms with Crippen molar-refractivity contribution in [2.24, 2.45) is 7.05 Å². The topological polar surface area (TPSA) is 42.7 Å². The molecule has 20 heavy (non-hydrogen) atoms. The molecule has 0 aliphatic carbocycles.